The van der Waals surface area contributed by atoms with Gasteiger partial charge in [-0.3, -0.25) is 0 Å². The van der Waals surface area contributed by atoms with Gasteiger partial charge in [-0.15, -0.1) is 0 Å². The first kappa shape index (κ1) is 24.3. The van der Waals surface area contributed by atoms with Crippen molar-refractivity contribution in [3.63, 3.8) is 0 Å². The minimum Gasteiger partial charge on any atom is -0.377 e. The Balaban J connectivity index is 1.95. The monoisotopic (exact) mass is 437 g/mol. The van der Waals surface area contributed by atoms with Crippen LogP contribution in [0.2, 0.25) is 0 Å². The topological polar surface area (TPSA) is 13.6 Å². The maximum Gasteiger partial charge on any atom is 0.215 e. The Bertz CT molecular complexity index is 987. The maximum atomic E-state index is 2.55. The second-order valence-electron chi connectivity index (χ2n) is 10.5. The first-order valence-electron chi connectivity index (χ1n) is 11.8. The molecule has 0 amide bonds. The molecule has 5 nitrogen and oxygen atoms in total. The molecule has 0 spiro atoms. The lowest BCUT2D eigenvalue weighted by Gasteiger charge is -2.30. The molecular weight excluding hydrogens is 394 g/mol. The van der Waals surface area contributed by atoms with Crippen LogP contribution in [-0.4, -0.2) is 85.4 Å². The van der Waals surface area contributed by atoms with Gasteiger partial charge in [-0.25, -0.2) is 0 Å². The zero-order valence-corrected chi connectivity index (χ0v) is 21.5. The summed E-state index contributed by atoms with van der Waals surface area (Å²) in [4.78, 5) is 6.66. The maximum absolute atomic E-state index is 2.55. The Labute approximate surface area is 195 Å². The van der Waals surface area contributed by atoms with E-state index in [1.54, 1.807) is 0 Å². The summed E-state index contributed by atoms with van der Waals surface area (Å²) in [5.41, 5.74) is 5.12. The molecule has 0 atom stereocenters. The van der Waals surface area contributed by atoms with Gasteiger partial charge in [-0.2, -0.15) is 4.57 Å². The lowest BCUT2D eigenvalue weighted by atomic mass is 10.1. The van der Waals surface area contributed by atoms with Crippen LogP contribution in [0.3, 0.4) is 0 Å². The van der Waals surface area contributed by atoms with Crippen molar-refractivity contribution in [1.82, 2.24) is 4.90 Å². The molecule has 0 aliphatic carbocycles. The summed E-state index contributed by atoms with van der Waals surface area (Å²) in [6.07, 6.45) is 2.40. The summed E-state index contributed by atoms with van der Waals surface area (Å²) in [7, 11) is 17.5. The molecule has 5 heteroatoms. The van der Waals surface area contributed by atoms with Gasteiger partial charge in [0.05, 0.1) is 33.6 Å². The van der Waals surface area contributed by atoms with Crippen molar-refractivity contribution in [1.29, 1.82) is 0 Å². The zero-order valence-electron chi connectivity index (χ0n) is 21.5. The summed E-state index contributed by atoms with van der Waals surface area (Å²) in [5, 5.41) is 2.61. The number of aromatic nitrogens is 1. The first-order valence-corrected chi connectivity index (χ1v) is 11.8. The molecule has 0 unspecified atom stereocenters. The highest BCUT2D eigenvalue weighted by Gasteiger charge is 2.20. The molecule has 0 N–H and O–H groups in total. The molecule has 0 bridgehead atoms. The van der Waals surface area contributed by atoms with E-state index < -0.39 is 0 Å². The van der Waals surface area contributed by atoms with Gasteiger partial charge in [-0.05, 0) is 44.4 Å². The SMILES string of the molecule is CN(C)CCC[N+](C)(C)CCC[n+]1c2cc(N(C)C)ccc2cc2ccc(N(C)C)cc21. The Morgan fingerprint density at radius 2 is 1.19 bits per heavy atom. The predicted molar refractivity (Wildman–Crippen MR) is 140 cm³/mol. The fourth-order valence-corrected chi connectivity index (χ4v) is 4.45. The molecule has 0 fully saturated rings. The molecule has 0 saturated carbocycles. The van der Waals surface area contributed by atoms with Crippen LogP contribution in [-0.2, 0) is 6.54 Å². The first-order chi connectivity index (χ1) is 15.1. The third-order valence-electron chi connectivity index (χ3n) is 6.47. The fraction of sp³-hybridized carbons (Fsp3) is 0.519. The van der Waals surface area contributed by atoms with Gasteiger partial charge in [-0.1, -0.05) is 0 Å². The largest absolute Gasteiger partial charge is 0.377 e. The molecule has 0 aliphatic heterocycles. The molecule has 32 heavy (non-hydrogen) atoms. The number of anilines is 2. The van der Waals surface area contributed by atoms with E-state index >= 15 is 0 Å². The van der Waals surface area contributed by atoms with E-state index in [1.165, 1.54) is 52.7 Å². The van der Waals surface area contributed by atoms with E-state index in [0.29, 0.717) is 0 Å². The lowest BCUT2D eigenvalue weighted by molar-refractivity contribution is -0.892. The van der Waals surface area contributed by atoms with E-state index in [9.17, 15) is 0 Å². The molecule has 3 rings (SSSR count). The van der Waals surface area contributed by atoms with Crippen molar-refractivity contribution in [3.8, 4) is 0 Å². The number of benzene rings is 2. The second kappa shape index (κ2) is 10.1. The van der Waals surface area contributed by atoms with Crippen LogP contribution in [0.15, 0.2) is 42.5 Å². The van der Waals surface area contributed by atoms with Crippen LogP contribution in [0.1, 0.15) is 12.8 Å². The Morgan fingerprint density at radius 1 is 0.688 bits per heavy atom. The van der Waals surface area contributed by atoms with Crippen molar-refractivity contribution in [2.24, 2.45) is 0 Å². The summed E-state index contributed by atoms with van der Waals surface area (Å²) in [6, 6.07) is 16.0. The number of pyridine rings is 1. The minimum atomic E-state index is 1.02. The van der Waals surface area contributed by atoms with Crippen molar-refractivity contribution in [2.45, 2.75) is 19.4 Å². The van der Waals surface area contributed by atoms with E-state index in [2.05, 4.69) is 118 Å². The minimum absolute atomic E-state index is 1.02. The molecule has 2 aromatic carbocycles. The standard InChI is InChI=1S/C27H43N5/c1-28(2)15-9-17-32(7,8)18-10-16-31-26-20-24(29(3)4)13-11-22(26)19-23-12-14-25(30(5)6)21-27(23)31/h11-14,19-21H,9-10,15-18H2,1-8H3/q+2. The number of aryl methyl sites for hydroxylation is 1. The fourth-order valence-electron chi connectivity index (χ4n) is 4.45. The lowest BCUT2D eigenvalue weighted by Crippen LogP contribution is -2.44. The average molecular weight is 438 g/mol. The third kappa shape index (κ3) is 5.90. The van der Waals surface area contributed by atoms with Crippen molar-refractivity contribution >= 4 is 33.2 Å². The van der Waals surface area contributed by atoms with E-state index in [0.717, 1.165) is 24.0 Å². The highest BCUT2D eigenvalue weighted by atomic mass is 15.3. The molecule has 1 aromatic heterocycles. The second-order valence-corrected chi connectivity index (χ2v) is 10.5. The average Bonchev–Trinajstić information content (AvgIpc) is 2.71. The van der Waals surface area contributed by atoms with Gasteiger partial charge < -0.3 is 19.2 Å². The number of quaternary nitrogens is 1. The number of fused-ring (bicyclic) bond motifs is 2. The molecule has 174 valence electrons. The summed E-state index contributed by atoms with van der Waals surface area (Å²) >= 11 is 0. The van der Waals surface area contributed by atoms with Crippen LogP contribution in [0.5, 0.6) is 0 Å². The van der Waals surface area contributed by atoms with Crippen LogP contribution >= 0.6 is 0 Å². The van der Waals surface area contributed by atoms with Crippen LogP contribution < -0.4 is 14.4 Å². The van der Waals surface area contributed by atoms with Crippen LogP contribution in [0.4, 0.5) is 11.4 Å². The van der Waals surface area contributed by atoms with Gasteiger partial charge in [0.2, 0.25) is 11.0 Å². The van der Waals surface area contributed by atoms with E-state index in [-0.39, 0.29) is 0 Å². The highest BCUT2D eigenvalue weighted by molar-refractivity contribution is 5.91. The third-order valence-corrected chi connectivity index (χ3v) is 6.47. The van der Waals surface area contributed by atoms with Crippen molar-refractivity contribution in [2.75, 3.05) is 85.8 Å². The Hall–Kier alpha value is -2.37. The van der Waals surface area contributed by atoms with E-state index in [4.69, 9.17) is 0 Å². The number of hydrogen-bond acceptors (Lipinski definition) is 3. The van der Waals surface area contributed by atoms with Gasteiger partial charge >= 0.3 is 0 Å². The normalized spacial score (nSPS) is 12.2. The van der Waals surface area contributed by atoms with Crippen LogP contribution in [0, 0.1) is 0 Å². The van der Waals surface area contributed by atoms with Gasteiger partial charge in [0, 0.05) is 75.4 Å². The van der Waals surface area contributed by atoms with Crippen molar-refractivity contribution in [3.05, 3.63) is 42.5 Å². The molecular formula is C27H43N5+2. The van der Waals surface area contributed by atoms with Gasteiger partial charge in [0.15, 0.2) is 6.54 Å². The van der Waals surface area contributed by atoms with Crippen molar-refractivity contribution < 1.29 is 9.05 Å². The number of hydrogen-bond donors (Lipinski definition) is 0. The highest BCUT2D eigenvalue weighted by Crippen LogP contribution is 2.25. The molecule has 0 radical (unpaired) electrons. The predicted octanol–water partition coefficient (Wildman–Crippen LogP) is 3.83. The molecule has 0 aliphatic rings. The summed E-state index contributed by atoms with van der Waals surface area (Å²) < 4.78 is 3.62. The number of nitrogens with zero attached hydrogens (tertiary/aromatic N) is 5. The number of rotatable bonds is 10. The quantitative estimate of drug-likeness (QED) is 0.272. The van der Waals surface area contributed by atoms with Crippen LogP contribution in [0.25, 0.3) is 21.8 Å². The Kier molecular flexibility index (Phi) is 7.63. The Morgan fingerprint density at radius 3 is 1.66 bits per heavy atom. The van der Waals surface area contributed by atoms with E-state index in [1.807, 2.05) is 0 Å². The smallest absolute Gasteiger partial charge is 0.215 e. The summed E-state index contributed by atoms with van der Waals surface area (Å²) in [6.45, 7) is 4.58. The van der Waals surface area contributed by atoms with Gasteiger partial charge in [0.1, 0.15) is 0 Å². The molecule has 3 aromatic rings. The van der Waals surface area contributed by atoms with Gasteiger partial charge in [0.25, 0.3) is 0 Å². The molecule has 0 saturated heterocycles. The summed E-state index contributed by atoms with van der Waals surface area (Å²) in [5.74, 6) is 0. The zero-order chi connectivity index (χ0) is 23.5. The molecule has 1 heterocycles.